The van der Waals surface area contributed by atoms with Gasteiger partial charge in [-0.2, -0.15) is 0 Å². The second-order valence-electron chi connectivity index (χ2n) is 4.98. The van der Waals surface area contributed by atoms with Crippen molar-refractivity contribution in [2.75, 3.05) is 13.6 Å². The molecule has 7 heteroatoms. The number of benzene rings is 1. The van der Waals surface area contributed by atoms with Gasteiger partial charge in [-0.25, -0.2) is 8.42 Å². The van der Waals surface area contributed by atoms with E-state index in [9.17, 15) is 13.2 Å². The SMILES string of the molecule is Cc1cc(OC2CCN(C)C2=O)cc(C)c1S(=O)(=O)Cl. The molecular weight excluding hydrogens is 302 g/mol. The molecule has 110 valence electrons. The number of likely N-dealkylation sites (N-methyl/N-ethyl adjacent to an activating group) is 1. The molecular formula is C13H16ClNO4S. The number of likely N-dealkylation sites (tertiary alicyclic amines) is 1. The van der Waals surface area contributed by atoms with Gasteiger partial charge < -0.3 is 9.64 Å². The first kappa shape index (κ1) is 15.1. The first-order chi connectivity index (χ1) is 9.20. The summed E-state index contributed by atoms with van der Waals surface area (Å²) in [4.78, 5) is 13.5. The van der Waals surface area contributed by atoms with Crippen LogP contribution in [0.1, 0.15) is 17.5 Å². The molecule has 5 nitrogen and oxygen atoms in total. The molecule has 1 heterocycles. The summed E-state index contributed by atoms with van der Waals surface area (Å²) in [7, 11) is 3.35. The minimum absolute atomic E-state index is 0.0608. The number of rotatable bonds is 3. The maximum Gasteiger partial charge on any atom is 0.263 e. The molecule has 0 aromatic heterocycles. The number of ether oxygens (including phenoxy) is 1. The highest BCUT2D eigenvalue weighted by Gasteiger charge is 2.31. The van der Waals surface area contributed by atoms with Crippen molar-refractivity contribution in [2.24, 2.45) is 0 Å². The Morgan fingerprint density at radius 1 is 1.30 bits per heavy atom. The molecule has 0 N–H and O–H groups in total. The van der Waals surface area contributed by atoms with Crippen LogP contribution in [0.5, 0.6) is 5.75 Å². The third-order valence-electron chi connectivity index (χ3n) is 3.33. The second kappa shape index (κ2) is 5.26. The lowest BCUT2D eigenvalue weighted by molar-refractivity contribution is -0.132. The van der Waals surface area contributed by atoms with Gasteiger partial charge in [0.05, 0.1) is 4.90 Å². The molecule has 1 amide bonds. The van der Waals surface area contributed by atoms with E-state index in [4.69, 9.17) is 15.4 Å². The zero-order valence-corrected chi connectivity index (χ0v) is 13.1. The average molecular weight is 318 g/mol. The van der Waals surface area contributed by atoms with Gasteiger partial charge in [0.25, 0.3) is 15.0 Å². The summed E-state index contributed by atoms with van der Waals surface area (Å²) in [5, 5.41) is 0. The number of hydrogen-bond acceptors (Lipinski definition) is 4. The summed E-state index contributed by atoms with van der Waals surface area (Å²) in [6, 6.07) is 3.18. The molecule has 2 rings (SSSR count). The molecule has 1 atom stereocenters. The first-order valence-corrected chi connectivity index (χ1v) is 8.48. The predicted octanol–water partition coefficient (Wildman–Crippen LogP) is 1.84. The Morgan fingerprint density at radius 2 is 1.85 bits per heavy atom. The monoisotopic (exact) mass is 317 g/mol. The van der Waals surface area contributed by atoms with E-state index in [-0.39, 0.29) is 10.8 Å². The van der Waals surface area contributed by atoms with Crippen molar-refractivity contribution in [3.63, 3.8) is 0 Å². The molecule has 1 unspecified atom stereocenters. The lowest BCUT2D eigenvalue weighted by Gasteiger charge is -2.15. The van der Waals surface area contributed by atoms with Crippen molar-refractivity contribution in [2.45, 2.75) is 31.3 Å². The number of carbonyl (C=O) groups excluding carboxylic acids is 1. The van der Waals surface area contributed by atoms with Gasteiger partial charge in [-0.05, 0) is 37.1 Å². The van der Waals surface area contributed by atoms with E-state index in [0.29, 0.717) is 29.8 Å². The number of amides is 1. The largest absolute Gasteiger partial charge is 0.481 e. The van der Waals surface area contributed by atoms with Crippen LogP contribution in [-0.2, 0) is 13.8 Å². The lowest BCUT2D eigenvalue weighted by atomic mass is 10.1. The van der Waals surface area contributed by atoms with Gasteiger partial charge in [-0.1, -0.05) is 0 Å². The maximum absolute atomic E-state index is 11.8. The highest BCUT2D eigenvalue weighted by Crippen LogP contribution is 2.29. The van der Waals surface area contributed by atoms with Crippen molar-refractivity contribution >= 4 is 25.6 Å². The zero-order chi connectivity index (χ0) is 15.1. The fourth-order valence-corrected chi connectivity index (χ4v) is 4.04. The number of carbonyl (C=O) groups is 1. The minimum atomic E-state index is -3.79. The summed E-state index contributed by atoms with van der Waals surface area (Å²) in [5.74, 6) is 0.423. The lowest BCUT2D eigenvalue weighted by Crippen LogP contribution is -2.29. The second-order valence-corrected chi connectivity index (χ2v) is 7.48. The fraction of sp³-hybridized carbons (Fsp3) is 0.462. The number of aryl methyl sites for hydroxylation is 2. The number of hydrogen-bond donors (Lipinski definition) is 0. The Morgan fingerprint density at radius 3 is 2.25 bits per heavy atom. The van der Waals surface area contributed by atoms with Gasteiger partial charge in [-0.15, -0.1) is 0 Å². The highest BCUT2D eigenvalue weighted by atomic mass is 35.7. The molecule has 1 aromatic rings. The van der Waals surface area contributed by atoms with E-state index >= 15 is 0 Å². The van der Waals surface area contributed by atoms with E-state index in [1.54, 1.807) is 37.9 Å². The molecule has 0 saturated carbocycles. The Kier molecular flexibility index (Phi) is 3.97. The van der Waals surface area contributed by atoms with E-state index in [0.717, 1.165) is 0 Å². The smallest absolute Gasteiger partial charge is 0.263 e. The summed E-state index contributed by atoms with van der Waals surface area (Å²) < 4.78 is 28.6. The minimum Gasteiger partial charge on any atom is -0.481 e. The van der Waals surface area contributed by atoms with Crippen LogP contribution in [0.15, 0.2) is 17.0 Å². The Bertz CT molecular complexity index is 633. The molecule has 1 aliphatic heterocycles. The molecule has 0 radical (unpaired) electrons. The van der Waals surface area contributed by atoms with Crippen LogP contribution in [0.25, 0.3) is 0 Å². The molecule has 1 fully saturated rings. The van der Waals surface area contributed by atoms with E-state index < -0.39 is 15.2 Å². The first-order valence-electron chi connectivity index (χ1n) is 6.17. The molecule has 20 heavy (non-hydrogen) atoms. The van der Waals surface area contributed by atoms with Crippen LogP contribution in [0.3, 0.4) is 0 Å². The van der Waals surface area contributed by atoms with Crippen LogP contribution in [0.2, 0.25) is 0 Å². The molecule has 0 aliphatic carbocycles. The highest BCUT2D eigenvalue weighted by molar-refractivity contribution is 8.13. The maximum atomic E-state index is 11.8. The van der Waals surface area contributed by atoms with Crippen molar-refractivity contribution in [3.05, 3.63) is 23.3 Å². The zero-order valence-electron chi connectivity index (χ0n) is 11.5. The topological polar surface area (TPSA) is 63.7 Å². The van der Waals surface area contributed by atoms with Crippen molar-refractivity contribution in [3.8, 4) is 5.75 Å². The van der Waals surface area contributed by atoms with Gasteiger partial charge >= 0.3 is 0 Å². The van der Waals surface area contributed by atoms with E-state index in [2.05, 4.69) is 0 Å². The van der Waals surface area contributed by atoms with Crippen LogP contribution >= 0.6 is 10.7 Å². The van der Waals surface area contributed by atoms with Gasteiger partial charge in [0.1, 0.15) is 5.75 Å². The molecule has 1 aromatic carbocycles. The van der Waals surface area contributed by atoms with Crippen molar-refractivity contribution in [1.82, 2.24) is 4.90 Å². The summed E-state index contributed by atoms with van der Waals surface area (Å²) in [5.41, 5.74) is 1.02. The third-order valence-corrected chi connectivity index (χ3v) is 4.93. The predicted molar refractivity (Wildman–Crippen MR) is 75.6 cm³/mol. The Labute approximate surface area is 122 Å². The number of nitrogens with zero attached hydrogens (tertiary/aromatic N) is 1. The van der Waals surface area contributed by atoms with Crippen LogP contribution < -0.4 is 4.74 Å². The number of halogens is 1. The quantitative estimate of drug-likeness (QED) is 0.798. The van der Waals surface area contributed by atoms with E-state index in [1.807, 2.05) is 0 Å². The van der Waals surface area contributed by atoms with E-state index in [1.165, 1.54) is 0 Å². The van der Waals surface area contributed by atoms with Gasteiger partial charge in [0, 0.05) is 30.7 Å². The van der Waals surface area contributed by atoms with Gasteiger partial charge in [0.15, 0.2) is 6.10 Å². The third kappa shape index (κ3) is 2.91. The normalized spacial score (nSPS) is 19.5. The Balaban J connectivity index is 2.30. The van der Waals surface area contributed by atoms with Crippen LogP contribution in [-0.4, -0.2) is 38.9 Å². The van der Waals surface area contributed by atoms with Gasteiger partial charge in [-0.3, -0.25) is 4.79 Å². The summed E-state index contributed by atoms with van der Waals surface area (Å²) >= 11 is 0. The fourth-order valence-electron chi connectivity index (χ4n) is 2.43. The van der Waals surface area contributed by atoms with Crippen molar-refractivity contribution < 1.29 is 17.9 Å². The van der Waals surface area contributed by atoms with Crippen LogP contribution in [0, 0.1) is 13.8 Å². The van der Waals surface area contributed by atoms with Crippen LogP contribution in [0.4, 0.5) is 0 Å². The molecule has 0 bridgehead atoms. The van der Waals surface area contributed by atoms with Crippen molar-refractivity contribution in [1.29, 1.82) is 0 Å². The average Bonchev–Trinajstić information content (AvgIpc) is 2.58. The molecule has 0 spiro atoms. The molecule has 1 aliphatic rings. The van der Waals surface area contributed by atoms with Gasteiger partial charge in [0.2, 0.25) is 0 Å². The summed E-state index contributed by atoms with van der Waals surface area (Å²) in [6.07, 6.45) is 0.125. The standard InChI is InChI=1S/C13H16ClNO4S/c1-8-6-10(7-9(2)12(8)20(14,17)18)19-11-4-5-15(3)13(11)16/h6-7,11H,4-5H2,1-3H3. The summed E-state index contributed by atoms with van der Waals surface area (Å²) in [6.45, 7) is 3.96. The molecule has 1 saturated heterocycles. The Hall–Kier alpha value is -1.27.